The lowest BCUT2D eigenvalue weighted by Crippen LogP contribution is -2.31. The lowest BCUT2D eigenvalue weighted by molar-refractivity contribution is -0.194. The predicted molar refractivity (Wildman–Crippen MR) is 125 cm³/mol. The fourth-order valence-electron chi connectivity index (χ4n) is 5.84. The van der Waals surface area contributed by atoms with E-state index in [1.165, 1.54) is 19.3 Å². The van der Waals surface area contributed by atoms with Gasteiger partial charge in [-0.3, -0.25) is 4.79 Å². The summed E-state index contributed by atoms with van der Waals surface area (Å²) >= 11 is 0. The van der Waals surface area contributed by atoms with Crippen LogP contribution >= 0.6 is 0 Å². The number of carbonyl (C=O) groups is 1. The topological polar surface area (TPSA) is 63.2 Å². The molecule has 188 valence electrons. The van der Waals surface area contributed by atoms with E-state index >= 15 is 0 Å². The number of ether oxygens (including phenoxy) is 5. The molecule has 0 aromatic rings. The maximum Gasteiger partial charge on any atom is 0.306 e. The molecule has 0 amide bonds. The Balaban J connectivity index is 1.43. The number of carbonyl (C=O) groups excluding carboxylic acids is 1. The van der Waals surface area contributed by atoms with E-state index in [4.69, 9.17) is 23.7 Å². The first-order valence-electron chi connectivity index (χ1n) is 13.5. The Hall–Kier alpha value is -0.950. The molecule has 0 unspecified atom stereocenters. The van der Waals surface area contributed by atoms with Crippen LogP contribution in [0, 0.1) is 17.8 Å². The second kappa shape index (κ2) is 12.7. The SMILES string of the molecule is CCCC[C@H](C)C[C@@H](/C=C/[C@@H]1[C@H]2CC(=O)O[C@H]2C[C@H]1O[C@@H]1CCCCO1)O[C@@H]1CCCCO1. The van der Waals surface area contributed by atoms with Gasteiger partial charge < -0.3 is 23.7 Å². The number of hydrogen-bond acceptors (Lipinski definition) is 6. The van der Waals surface area contributed by atoms with Crippen LogP contribution in [0.4, 0.5) is 0 Å². The van der Waals surface area contributed by atoms with E-state index in [1.54, 1.807) is 0 Å². The van der Waals surface area contributed by atoms with Gasteiger partial charge in [-0.05, 0) is 50.9 Å². The maximum atomic E-state index is 12.0. The van der Waals surface area contributed by atoms with Crippen LogP contribution in [0.5, 0.6) is 0 Å². The first-order chi connectivity index (χ1) is 16.1. The van der Waals surface area contributed by atoms with E-state index in [0.29, 0.717) is 12.3 Å². The average Bonchev–Trinajstić information content (AvgIpc) is 3.32. The molecule has 6 heteroatoms. The number of fused-ring (bicyclic) bond motifs is 1. The van der Waals surface area contributed by atoms with Crippen LogP contribution in [-0.2, 0) is 28.5 Å². The zero-order valence-electron chi connectivity index (χ0n) is 20.6. The summed E-state index contributed by atoms with van der Waals surface area (Å²) in [5, 5.41) is 0. The van der Waals surface area contributed by atoms with Crippen molar-refractivity contribution in [1.29, 1.82) is 0 Å². The molecular weight excluding hydrogens is 420 g/mol. The van der Waals surface area contributed by atoms with Gasteiger partial charge in [0.15, 0.2) is 12.6 Å². The van der Waals surface area contributed by atoms with Gasteiger partial charge >= 0.3 is 5.97 Å². The molecule has 1 aliphatic carbocycles. The minimum absolute atomic E-state index is 0.0172. The summed E-state index contributed by atoms with van der Waals surface area (Å²) in [5.41, 5.74) is 0. The highest BCUT2D eigenvalue weighted by molar-refractivity contribution is 5.72. The van der Waals surface area contributed by atoms with Crippen molar-refractivity contribution in [2.45, 2.75) is 122 Å². The Morgan fingerprint density at radius 3 is 2.55 bits per heavy atom. The Morgan fingerprint density at radius 1 is 1.09 bits per heavy atom. The minimum atomic E-state index is -0.133. The average molecular weight is 465 g/mol. The van der Waals surface area contributed by atoms with Crippen LogP contribution in [-0.4, -0.2) is 50.1 Å². The second-order valence-electron chi connectivity index (χ2n) is 10.5. The third-order valence-corrected chi connectivity index (χ3v) is 7.71. The Kier molecular flexibility index (Phi) is 9.65. The fraction of sp³-hybridized carbons (Fsp3) is 0.889. The summed E-state index contributed by atoms with van der Waals surface area (Å²) in [5.74, 6) is 0.855. The molecule has 4 rings (SSSR count). The smallest absolute Gasteiger partial charge is 0.306 e. The Bertz CT molecular complexity index is 624. The standard InChI is InChI=1S/C27H44O6/c1-3-4-9-19(2)16-20(31-26-10-5-7-14-29-26)12-13-21-22-17-25(28)32-24(22)18-23(21)33-27-11-6-8-15-30-27/h12-13,19-24,26-27H,3-11,14-18H2,1-2H3/b13-12+/t19-,20+,21+,22+,23+,24-,26+,27+/m0/s1. The number of rotatable bonds is 11. The molecule has 0 aromatic carbocycles. The fourth-order valence-corrected chi connectivity index (χ4v) is 5.84. The molecule has 4 fully saturated rings. The molecule has 0 bridgehead atoms. The molecular formula is C27H44O6. The summed E-state index contributed by atoms with van der Waals surface area (Å²) in [6.07, 6.45) is 16.6. The summed E-state index contributed by atoms with van der Waals surface area (Å²) in [7, 11) is 0. The lowest BCUT2D eigenvalue weighted by atomic mass is 9.90. The number of esters is 1. The van der Waals surface area contributed by atoms with Crippen LogP contribution in [0.15, 0.2) is 12.2 Å². The van der Waals surface area contributed by atoms with Crippen molar-refractivity contribution in [3.05, 3.63) is 12.2 Å². The van der Waals surface area contributed by atoms with Gasteiger partial charge in [0.05, 0.1) is 18.6 Å². The summed E-state index contributed by atoms with van der Waals surface area (Å²) in [4.78, 5) is 12.0. The van der Waals surface area contributed by atoms with Crippen molar-refractivity contribution in [2.75, 3.05) is 13.2 Å². The molecule has 3 aliphatic heterocycles. The van der Waals surface area contributed by atoms with Gasteiger partial charge in [0.25, 0.3) is 0 Å². The van der Waals surface area contributed by atoms with E-state index < -0.39 is 0 Å². The summed E-state index contributed by atoms with van der Waals surface area (Å²) in [6, 6.07) is 0. The third kappa shape index (κ3) is 7.27. The highest BCUT2D eigenvalue weighted by Crippen LogP contribution is 2.44. The molecule has 8 atom stereocenters. The summed E-state index contributed by atoms with van der Waals surface area (Å²) < 4.78 is 30.2. The number of unbranched alkanes of at least 4 members (excludes halogenated alkanes) is 1. The van der Waals surface area contributed by atoms with Crippen LogP contribution in [0.1, 0.15) is 90.9 Å². The molecule has 0 radical (unpaired) electrons. The first-order valence-corrected chi connectivity index (χ1v) is 13.5. The van der Waals surface area contributed by atoms with E-state index in [9.17, 15) is 4.79 Å². The van der Waals surface area contributed by atoms with Gasteiger partial charge in [0.2, 0.25) is 0 Å². The van der Waals surface area contributed by atoms with Gasteiger partial charge in [-0.1, -0.05) is 45.3 Å². The molecule has 3 saturated heterocycles. The van der Waals surface area contributed by atoms with Crippen molar-refractivity contribution in [1.82, 2.24) is 0 Å². The monoisotopic (exact) mass is 464 g/mol. The molecule has 0 spiro atoms. The number of hydrogen-bond donors (Lipinski definition) is 0. The van der Waals surface area contributed by atoms with E-state index in [1.807, 2.05) is 0 Å². The molecule has 4 aliphatic rings. The zero-order chi connectivity index (χ0) is 23.0. The van der Waals surface area contributed by atoms with Crippen molar-refractivity contribution in [2.24, 2.45) is 17.8 Å². The first kappa shape index (κ1) is 25.2. The molecule has 33 heavy (non-hydrogen) atoms. The minimum Gasteiger partial charge on any atom is -0.462 e. The molecule has 0 N–H and O–H groups in total. The molecule has 1 saturated carbocycles. The molecule has 6 nitrogen and oxygen atoms in total. The van der Waals surface area contributed by atoms with Crippen LogP contribution in [0.25, 0.3) is 0 Å². The molecule has 3 heterocycles. The molecule has 0 aromatic heterocycles. The van der Waals surface area contributed by atoms with E-state index in [0.717, 1.165) is 64.6 Å². The summed E-state index contributed by atoms with van der Waals surface area (Å²) in [6.45, 7) is 6.12. The van der Waals surface area contributed by atoms with Gasteiger partial charge in [0, 0.05) is 31.5 Å². The normalized spacial score (nSPS) is 36.6. The highest BCUT2D eigenvalue weighted by atomic mass is 16.7. The quantitative estimate of drug-likeness (QED) is 0.296. The maximum absolute atomic E-state index is 12.0. The highest BCUT2D eigenvalue weighted by Gasteiger charge is 2.50. The van der Waals surface area contributed by atoms with Gasteiger partial charge in [-0.2, -0.15) is 0 Å². The van der Waals surface area contributed by atoms with Crippen LogP contribution in [0.2, 0.25) is 0 Å². The Morgan fingerprint density at radius 2 is 1.85 bits per heavy atom. The van der Waals surface area contributed by atoms with Gasteiger partial charge in [-0.25, -0.2) is 0 Å². The van der Waals surface area contributed by atoms with E-state index in [-0.39, 0.29) is 48.7 Å². The van der Waals surface area contributed by atoms with Crippen LogP contribution < -0.4 is 0 Å². The van der Waals surface area contributed by atoms with Gasteiger partial charge in [0.1, 0.15) is 6.10 Å². The van der Waals surface area contributed by atoms with Crippen molar-refractivity contribution >= 4 is 5.97 Å². The second-order valence-corrected chi connectivity index (χ2v) is 10.5. The predicted octanol–water partition coefficient (Wildman–Crippen LogP) is 5.53. The van der Waals surface area contributed by atoms with Crippen LogP contribution in [0.3, 0.4) is 0 Å². The lowest BCUT2D eigenvalue weighted by Gasteiger charge is -2.30. The van der Waals surface area contributed by atoms with E-state index in [2.05, 4.69) is 26.0 Å². The van der Waals surface area contributed by atoms with Crippen molar-refractivity contribution in [3.63, 3.8) is 0 Å². The zero-order valence-corrected chi connectivity index (χ0v) is 20.6. The van der Waals surface area contributed by atoms with Gasteiger partial charge in [-0.15, -0.1) is 0 Å². The Labute approximate surface area is 199 Å². The third-order valence-electron chi connectivity index (χ3n) is 7.71. The largest absolute Gasteiger partial charge is 0.462 e. The van der Waals surface area contributed by atoms with Crippen molar-refractivity contribution in [3.8, 4) is 0 Å². The van der Waals surface area contributed by atoms with Crippen molar-refractivity contribution < 1.29 is 28.5 Å².